The maximum atomic E-state index is 9.32. The van der Waals surface area contributed by atoms with Gasteiger partial charge in [0.1, 0.15) is 5.82 Å². The van der Waals surface area contributed by atoms with E-state index in [-0.39, 0.29) is 0 Å². The van der Waals surface area contributed by atoms with Gasteiger partial charge in [-0.05, 0) is 19.1 Å². The van der Waals surface area contributed by atoms with E-state index in [4.69, 9.17) is 17.3 Å². The number of aliphatic hydroxyl groups excluding tert-OH is 1. The molecule has 0 fully saturated rings. The SMILES string of the molecule is CC(O)Cc1nc(Cl)c2ccc(N)cn12. The molecule has 0 amide bonds. The van der Waals surface area contributed by atoms with Gasteiger partial charge < -0.3 is 15.2 Å². The van der Waals surface area contributed by atoms with Crippen molar-refractivity contribution in [3.63, 3.8) is 0 Å². The van der Waals surface area contributed by atoms with Crippen molar-refractivity contribution >= 4 is 22.8 Å². The standard InChI is InChI=1S/C10H12ClN3O/c1-6(15)4-9-13-10(11)8-3-2-7(12)5-14(8)9/h2-3,5-6,15H,4,12H2,1H3. The van der Waals surface area contributed by atoms with Crippen molar-refractivity contribution in [3.8, 4) is 0 Å². The molecular weight excluding hydrogens is 214 g/mol. The minimum absolute atomic E-state index is 0.436. The van der Waals surface area contributed by atoms with Crippen LogP contribution in [0.4, 0.5) is 5.69 Å². The number of nitrogen functional groups attached to an aromatic ring is 1. The van der Waals surface area contributed by atoms with Gasteiger partial charge in [0.15, 0.2) is 5.15 Å². The van der Waals surface area contributed by atoms with E-state index in [1.165, 1.54) is 0 Å². The molecule has 2 aromatic rings. The lowest BCUT2D eigenvalue weighted by atomic mass is 10.3. The van der Waals surface area contributed by atoms with Crippen molar-refractivity contribution in [2.75, 3.05) is 5.73 Å². The van der Waals surface area contributed by atoms with Crippen molar-refractivity contribution in [3.05, 3.63) is 29.3 Å². The molecule has 0 aliphatic heterocycles. The monoisotopic (exact) mass is 225 g/mol. The Kier molecular flexibility index (Phi) is 2.54. The van der Waals surface area contributed by atoms with Crippen LogP contribution >= 0.6 is 11.6 Å². The number of aliphatic hydroxyl groups is 1. The molecule has 80 valence electrons. The number of imidazole rings is 1. The molecule has 0 spiro atoms. The number of anilines is 1. The number of hydrogen-bond donors (Lipinski definition) is 2. The van der Waals surface area contributed by atoms with Gasteiger partial charge in [-0.3, -0.25) is 0 Å². The van der Waals surface area contributed by atoms with Crippen LogP contribution < -0.4 is 5.73 Å². The second kappa shape index (κ2) is 3.72. The Bertz CT molecular complexity index is 493. The molecular formula is C10H12ClN3O. The van der Waals surface area contributed by atoms with Gasteiger partial charge >= 0.3 is 0 Å². The fourth-order valence-corrected chi connectivity index (χ4v) is 1.78. The summed E-state index contributed by atoms with van der Waals surface area (Å²) >= 11 is 5.96. The summed E-state index contributed by atoms with van der Waals surface area (Å²) < 4.78 is 1.81. The van der Waals surface area contributed by atoms with Crippen molar-refractivity contribution < 1.29 is 5.11 Å². The molecule has 0 saturated heterocycles. The molecule has 2 heterocycles. The minimum Gasteiger partial charge on any atom is -0.398 e. The lowest BCUT2D eigenvalue weighted by Gasteiger charge is -2.03. The first-order valence-corrected chi connectivity index (χ1v) is 5.05. The van der Waals surface area contributed by atoms with E-state index in [1.54, 1.807) is 19.2 Å². The summed E-state index contributed by atoms with van der Waals surface area (Å²) in [6.07, 6.45) is 1.76. The van der Waals surface area contributed by atoms with Crippen molar-refractivity contribution in [1.29, 1.82) is 0 Å². The number of hydrogen-bond acceptors (Lipinski definition) is 3. The Morgan fingerprint density at radius 1 is 1.60 bits per heavy atom. The van der Waals surface area contributed by atoms with Gasteiger partial charge in [-0.1, -0.05) is 11.6 Å². The van der Waals surface area contributed by atoms with E-state index < -0.39 is 6.10 Å². The van der Waals surface area contributed by atoms with Gasteiger partial charge in [0, 0.05) is 18.3 Å². The first kappa shape index (κ1) is 10.3. The Balaban J connectivity index is 2.59. The van der Waals surface area contributed by atoms with Gasteiger partial charge in [0.05, 0.1) is 11.6 Å². The number of halogens is 1. The molecule has 0 aromatic carbocycles. The van der Waals surface area contributed by atoms with Crippen LogP contribution in [0, 0.1) is 0 Å². The summed E-state index contributed by atoms with van der Waals surface area (Å²) in [5, 5.41) is 9.75. The molecule has 4 nitrogen and oxygen atoms in total. The number of nitrogens with two attached hydrogens (primary N) is 1. The quantitative estimate of drug-likeness (QED) is 0.814. The Hall–Kier alpha value is -1.26. The fourth-order valence-electron chi connectivity index (χ4n) is 1.53. The number of fused-ring (bicyclic) bond motifs is 1. The molecule has 0 aliphatic carbocycles. The smallest absolute Gasteiger partial charge is 0.155 e. The summed E-state index contributed by atoms with van der Waals surface area (Å²) in [7, 11) is 0. The van der Waals surface area contributed by atoms with Crippen LogP contribution in [-0.4, -0.2) is 20.6 Å². The molecule has 2 rings (SSSR count). The molecule has 5 heteroatoms. The van der Waals surface area contributed by atoms with Gasteiger partial charge in [-0.15, -0.1) is 0 Å². The van der Waals surface area contributed by atoms with Crippen LogP contribution in [0.3, 0.4) is 0 Å². The summed E-state index contributed by atoms with van der Waals surface area (Å²) in [4.78, 5) is 4.18. The van der Waals surface area contributed by atoms with Gasteiger partial charge in [0.2, 0.25) is 0 Å². The number of rotatable bonds is 2. The molecule has 2 aromatic heterocycles. The van der Waals surface area contributed by atoms with E-state index in [9.17, 15) is 5.11 Å². The van der Waals surface area contributed by atoms with E-state index in [0.29, 0.717) is 17.3 Å². The zero-order chi connectivity index (χ0) is 11.0. The van der Waals surface area contributed by atoms with Crippen molar-refractivity contribution in [2.45, 2.75) is 19.4 Å². The molecule has 0 bridgehead atoms. The van der Waals surface area contributed by atoms with Crippen LogP contribution in [-0.2, 0) is 6.42 Å². The third-order valence-electron chi connectivity index (χ3n) is 2.17. The lowest BCUT2D eigenvalue weighted by molar-refractivity contribution is 0.192. The summed E-state index contributed by atoms with van der Waals surface area (Å²) in [6.45, 7) is 1.71. The van der Waals surface area contributed by atoms with Crippen LogP contribution in [0.1, 0.15) is 12.7 Å². The van der Waals surface area contributed by atoms with Gasteiger partial charge in [0.25, 0.3) is 0 Å². The zero-order valence-corrected chi connectivity index (χ0v) is 9.07. The number of aromatic nitrogens is 2. The first-order valence-electron chi connectivity index (χ1n) is 4.68. The first-order chi connectivity index (χ1) is 7.08. The summed E-state index contributed by atoms with van der Waals surface area (Å²) in [5.74, 6) is 0.720. The highest BCUT2D eigenvalue weighted by Gasteiger charge is 2.11. The highest BCUT2D eigenvalue weighted by Crippen LogP contribution is 2.20. The van der Waals surface area contributed by atoms with E-state index in [2.05, 4.69) is 4.98 Å². The number of pyridine rings is 1. The molecule has 1 atom stereocenters. The minimum atomic E-state index is -0.451. The predicted octanol–water partition coefficient (Wildman–Crippen LogP) is 1.49. The Morgan fingerprint density at radius 2 is 2.33 bits per heavy atom. The molecule has 0 saturated carbocycles. The highest BCUT2D eigenvalue weighted by atomic mass is 35.5. The second-order valence-electron chi connectivity index (χ2n) is 3.59. The third-order valence-corrected chi connectivity index (χ3v) is 2.44. The largest absolute Gasteiger partial charge is 0.398 e. The average molecular weight is 226 g/mol. The van der Waals surface area contributed by atoms with Gasteiger partial charge in [-0.25, -0.2) is 4.98 Å². The lowest BCUT2D eigenvalue weighted by Crippen LogP contribution is -2.08. The van der Waals surface area contributed by atoms with E-state index >= 15 is 0 Å². The summed E-state index contributed by atoms with van der Waals surface area (Å²) in [5.41, 5.74) is 7.13. The van der Waals surface area contributed by atoms with E-state index in [1.807, 2.05) is 10.5 Å². The zero-order valence-electron chi connectivity index (χ0n) is 8.31. The van der Waals surface area contributed by atoms with Gasteiger partial charge in [-0.2, -0.15) is 0 Å². The highest BCUT2D eigenvalue weighted by molar-refractivity contribution is 6.32. The predicted molar refractivity (Wildman–Crippen MR) is 60.0 cm³/mol. The number of nitrogens with zero attached hydrogens (tertiary/aromatic N) is 2. The van der Waals surface area contributed by atoms with Crippen LogP contribution in [0.5, 0.6) is 0 Å². The fraction of sp³-hybridized carbons (Fsp3) is 0.300. The Labute approximate surface area is 92.3 Å². The van der Waals surface area contributed by atoms with Crippen LogP contribution in [0.25, 0.3) is 5.52 Å². The third kappa shape index (κ3) is 1.91. The molecule has 0 radical (unpaired) electrons. The Morgan fingerprint density at radius 3 is 3.00 bits per heavy atom. The topological polar surface area (TPSA) is 63.5 Å². The van der Waals surface area contributed by atoms with Crippen molar-refractivity contribution in [2.24, 2.45) is 0 Å². The maximum Gasteiger partial charge on any atom is 0.155 e. The van der Waals surface area contributed by atoms with Crippen LogP contribution in [0.15, 0.2) is 18.3 Å². The average Bonchev–Trinajstić information content (AvgIpc) is 2.42. The van der Waals surface area contributed by atoms with E-state index in [0.717, 1.165) is 11.3 Å². The molecule has 3 N–H and O–H groups in total. The second-order valence-corrected chi connectivity index (χ2v) is 3.95. The maximum absolute atomic E-state index is 9.32. The normalized spacial score (nSPS) is 13.3. The van der Waals surface area contributed by atoms with Crippen LogP contribution in [0.2, 0.25) is 5.15 Å². The molecule has 1 unspecified atom stereocenters. The summed E-state index contributed by atoms with van der Waals surface area (Å²) in [6, 6.07) is 3.59. The molecule has 0 aliphatic rings. The molecule has 15 heavy (non-hydrogen) atoms. The van der Waals surface area contributed by atoms with Crippen molar-refractivity contribution in [1.82, 2.24) is 9.38 Å².